The lowest BCUT2D eigenvalue weighted by Gasteiger charge is -2.29. The minimum Gasteiger partial charge on any atom is -0.298 e. The Bertz CT molecular complexity index is 1000. The summed E-state index contributed by atoms with van der Waals surface area (Å²) in [5.74, 6) is -0.115. The molecule has 3 rings (SSSR count). The molecule has 1 aliphatic heterocycles. The van der Waals surface area contributed by atoms with Crippen LogP contribution in [0.1, 0.15) is 23.7 Å². The molecule has 0 radical (unpaired) electrons. The summed E-state index contributed by atoms with van der Waals surface area (Å²) in [6.07, 6.45) is -2.41. The first-order chi connectivity index (χ1) is 13.5. The number of nitrogens with zero attached hydrogens (tertiary/aromatic N) is 4. The molecule has 0 fully saturated rings. The molecule has 1 aromatic carbocycles. The van der Waals surface area contributed by atoms with Crippen molar-refractivity contribution in [3.8, 4) is 0 Å². The van der Waals surface area contributed by atoms with Gasteiger partial charge in [0.2, 0.25) is 10.0 Å². The van der Waals surface area contributed by atoms with Crippen LogP contribution in [0, 0.1) is 0 Å². The maximum Gasteiger partial charge on any atom is 0.401 e. The number of benzene rings is 1. The van der Waals surface area contributed by atoms with E-state index in [4.69, 9.17) is 0 Å². The number of ketones is 1. The van der Waals surface area contributed by atoms with Crippen LogP contribution in [0.3, 0.4) is 0 Å². The Kier molecular flexibility index (Phi) is 6.05. The molecule has 0 spiro atoms. The van der Waals surface area contributed by atoms with E-state index in [1.165, 1.54) is 34.8 Å². The summed E-state index contributed by atoms with van der Waals surface area (Å²) in [5.41, 5.74) is 1.74. The molecule has 8 nitrogen and oxygen atoms in total. The van der Waals surface area contributed by atoms with E-state index in [-0.39, 0.29) is 36.9 Å². The number of sulfonamides is 1. The fourth-order valence-electron chi connectivity index (χ4n) is 3.12. The van der Waals surface area contributed by atoms with Crippen molar-refractivity contribution in [2.45, 2.75) is 44.1 Å². The van der Waals surface area contributed by atoms with E-state index in [9.17, 15) is 26.4 Å². The Morgan fingerprint density at radius 1 is 1.28 bits per heavy atom. The number of alkyl halides is 3. The van der Waals surface area contributed by atoms with Crippen molar-refractivity contribution in [1.82, 2.24) is 24.6 Å². The van der Waals surface area contributed by atoms with Gasteiger partial charge in [0.05, 0.1) is 29.9 Å². The van der Waals surface area contributed by atoms with Crippen LogP contribution in [0.25, 0.3) is 0 Å². The van der Waals surface area contributed by atoms with E-state index >= 15 is 0 Å². The van der Waals surface area contributed by atoms with Crippen LogP contribution < -0.4 is 4.72 Å². The smallest absolute Gasteiger partial charge is 0.298 e. The maximum atomic E-state index is 12.6. The molecular formula is C17H20F3N5O3S. The number of carbonyl (C=O) groups excluding carboxylic acids is 1. The molecule has 0 unspecified atom stereocenters. The van der Waals surface area contributed by atoms with Gasteiger partial charge in [-0.1, -0.05) is 11.3 Å². The fraction of sp³-hybridized carbons (Fsp3) is 0.471. The molecule has 1 N–H and O–H groups in total. The van der Waals surface area contributed by atoms with Gasteiger partial charge in [0.25, 0.3) is 0 Å². The van der Waals surface area contributed by atoms with Gasteiger partial charge >= 0.3 is 6.18 Å². The lowest BCUT2D eigenvalue weighted by molar-refractivity contribution is -0.147. The summed E-state index contributed by atoms with van der Waals surface area (Å²) in [7, 11) is -3.89. The predicted molar refractivity (Wildman–Crippen MR) is 96.2 cm³/mol. The van der Waals surface area contributed by atoms with Crippen LogP contribution in [-0.2, 0) is 40.9 Å². The zero-order valence-corrected chi connectivity index (χ0v) is 16.4. The van der Waals surface area contributed by atoms with Crippen molar-refractivity contribution >= 4 is 15.8 Å². The van der Waals surface area contributed by atoms with Crippen molar-refractivity contribution in [2.24, 2.45) is 0 Å². The largest absolute Gasteiger partial charge is 0.401 e. The second kappa shape index (κ2) is 8.20. The van der Waals surface area contributed by atoms with Gasteiger partial charge in [-0.25, -0.2) is 17.8 Å². The molecular weight excluding hydrogens is 411 g/mol. The number of Topliss-reactive ketones (excluding diaryl/α,β-unsaturated/α-hetero) is 1. The molecule has 29 heavy (non-hydrogen) atoms. The lowest BCUT2D eigenvalue weighted by atomic mass is 10.00. The van der Waals surface area contributed by atoms with E-state index in [2.05, 4.69) is 15.0 Å². The van der Waals surface area contributed by atoms with Crippen molar-refractivity contribution in [3.05, 3.63) is 41.2 Å². The van der Waals surface area contributed by atoms with Gasteiger partial charge in [-0.05, 0) is 36.6 Å². The third-order valence-electron chi connectivity index (χ3n) is 4.40. The summed E-state index contributed by atoms with van der Waals surface area (Å²) < 4.78 is 66.8. The van der Waals surface area contributed by atoms with Crippen LogP contribution in [-0.4, -0.2) is 53.4 Å². The van der Waals surface area contributed by atoms with Crippen LogP contribution >= 0.6 is 0 Å². The highest BCUT2D eigenvalue weighted by atomic mass is 32.2. The Morgan fingerprint density at radius 3 is 2.72 bits per heavy atom. The van der Waals surface area contributed by atoms with Gasteiger partial charge in [-0.15, -0.1) is 5.10 Å². The van der Waals surface area contributed by atoms with Crippen LogP contribution in [0.5, 0.6) is 0 Å². The van der Waals surface area contributed by atoms with E-state index in [0.717, 1.165) is 5.56 Å². The average Bonchev–Trinajstić information content (AvgIpc) is 3.05. The van der Waals surface area contributed by atoms with E-state index in [1.54, 1.807) is 6.07 Å². The average molecular weight is 431 g/mol. The molecule has 2 heterocycles. The van der Waals surface area contributed by atoms with Crippen LogP contribution in [0.15, 0.2) is 29.3 Å². The predicted octanol–water partition coefficient (Wildman–Crippen LogP) is 1.27. The summed E-state index contributed by atoms with van der Waals surface area (Å²) in [6.45, 7) is 0.592. The third-order valence-corrected chi connectivity index (χ3v) is 5.80. The lowest BCUT2D eigenvalue weighted by Crippen LogP contribution is -2.38. The molecule has 0 saturated heterocycles. The number of fused-ring (bicyclic) bond motifs is 1. The van der Waals surface area contributed by atoms with Crippen LogP contribution in [0.4, 0.5) is 13.2 Å². The first-order valence-corrected chi connectivity index (χ1v) is 10.3. The molecule has 12 heteroatoms. The Hall–Kier alpha value is -2.31. The summed E-state index contributed by atoms with van der Waals surface area (Å²) in [4.78, 5) is 12.3. The summed E-state index contributed by atoms with van der Waals surface area (Å²) in [5, 5.41) is 7.54. The van der Waals surface area contributed by atoms with Gasteiger partial charge in [0.1, 0.15) is 6.54 Å². The fourth-order valence-corrected chi connectivity index (χ4v) is 4.17. The van der Waals surface area contributed by atoms with Crippen molar-refractivity contribution < 1.29 is 26.4 Å². The molecule has 1 aliphatic rings. The topological polar surface area (TPSA) is 97.2 Å². The summed E-state index contributed by atoms with van der Waals surface area (Å²) >= 11 is 0. The van der Waals surface area contributed by atoms with E-state index in [1.807, 2.05) is 0 Å². The minimum atomic E-state index is -4.30. The zero-order chi connectivity index (χ0) is 21.2. The monoisotopic (exact) mass is 431 g/mol. The highest BCUT2D eigenvalue weighted by Gasteiger charge is 2.32. The molecule has 0 aliphatic carbocycles. The van der Waals surface area contributed by atoms with E-state index < -0.39 is 22.7 Å². The molecule has 0 amide bonds. The number of hydrogen-bond acceptors (Lipinski definition) is 6. The normalized spacial score (nSPS) is 15.3. The summed E-state index contributed by atoms with van der Waals surface area (Å²) in [6, 6.07) is 4.48. The number of aromatic nitrogens is 3. The molecule has 0 atom stereocenters. The molecule has 0 bridgehead atoms. The SMILES string of the molecule is CC(=O)Cn1cc(CNS(=O)(=O)c2ccc3c(c2)CN(CC(F)(F)F)CC3)nn1. The number of rotatable bonds is 7. The van der Waals surface area contributed by atoms with Crippen molar-refractivity contribution in [2.75, 3.05) is 13.1 Å². The number of carbonyl (C=O) groups is 1. The number of halogens is 3. The van der Waals surface area contributed by atoms with Gasteiger partial charge < -0.3 is 0 Å². The van der Waals surface area contributed by atoms with Gasteiger partial charge in [-0.3, -0.25) is 9.69 Å². The quantitative estimate of drug-likeness (QED) is 0.709. The Balaban J connectivity index is 1.69. The van der Waals surface area contributed by atoms with Crippen molar-refractivity contribution in [1.29, 1.82) is 0 Å². The Morgan fingerprint density at radius 2 is 2.03 bits per heavy atom. The maximum absolute atomic E-state index is 12.6. The van der Waals surface area contributed by atoms with Gasteiger partial charge in [-0.2, -0.15) is 13.2 Å². The molecule has 158 valence electrons. The molecule has 1 aromatic heterocycles. The van der Waals surface area contributed by atoms with Gasteiger partial charge in [0.15, 0.2) is 5.78 Å². The highest BCUT2D eigenvalue weighted by Crippen LogP contribution is 2.25. The first-order valence-electron chi connectivity index (χ1n) is 8.81. The zero-order valence-electron chi connectivity index (χ0n) is 15.6. The minimum absolute atomic E-state index is 0.0266. The second-order valence-corrected chi connectivity index (χ2v) is 8.71. The Labute approximate surface area is 165 Å². The number of nitrogens with one attached hydrogen (secondary N) is 1. The van der Waals surface area contributed by atoms with Crippen LogP contribution in [0.2, 0.25) is 0 Å². The van der Waals surface area contributed by atoms with Crippen molar-refractivity contribution in [3.63, 3.8) is 0 Å². The third kappa shape index (κ3) is 5.84. The first kappa shape index (κ1) is 21.4. The van der Waals surface area contributed by atoms with E-state index in [0.29, 0.717) is 17.7 Å². The highest BCUT2D eigenvalue weighted by molar-refractivity contribution is 7.89. The second-order valence-electron chi connectivity index (χ2n) is 6.94. The molecule has 0 saturated carbocycles. The molecule has 2 aromatic rings. The standard InChI is InChI=1S/C17H20F3N5O3S/c1-12(26)8-25-10-15(22-23-25)7-21-29(27,28)16-3-2-13-4-5-24(9-14(13)6-16)11-17(18,19)20/h2-3,6,10,21H,4-5,7-9,11H2,1H3. The van der Waals surface area contributed by atoms with Gasteiger partial charge in [0, 0.05) is 13.1 Å². The number of hydrogen-bond donors (Lipinski definition) is 1.